The molecule has 2 fully saturated rings. The third kappa shape index (κ3) is 3.16. The molecule has 0 aromatic carbocycles. The maximum absolute atomic E-state index is 9.53. The van der Waals surface area contributed by atoms with Crippen molar-refractivity contribution in [3.8, 4) is 6.07 Å². The normalized spacial score (nSPS) is 29.4. The van der Waals surface area contributed by atoms with Crippen LogP contribution in [0.4, 0.5) is 0 Å². The van der Waals surface area contributed by atoms with Crippen LogP contribution in [0.1, 0.15) is 43.4 Å². The second-order valence-electron chi connectivity index (χ2n) is 6.22. The summed E-state index contributed by atoms with van der Waals surface area (Å²) in [6.07, 6.45) is 5.49. The lowest BCUT2D eigenvalue weighted by atomic mass is 10.00. The van der Waals surface area contributed by atoms with Gasteiger partial charge in [0, 0.05) is 17.0 Å². The maximum atomic E-state index is 9.53. The number of thioether (sulfide) groups is 1. The highest BCUT2D eigenvalue weighted by molar-refractivity contribution is 7.99. The van der Waals surface area contributed by atoms with Gasteiger partial charge in [0.2, 0.25) is 0 Å². The number of nitrogens with zero attached hydrogens (tertiary/aromatic N) is 2. The van der Waals surface area contributed by atoms with Crippen LogP contribution in [-0.4, -0.2) is 21.8 Å². The third-order valence-corrected chi connectivity index (χ3v) is 5.29. The fourth-order valence-corrected chi connectivity index (χ4v) is 4.42. The predicted molar refractivity (Wildman–Crippen MR) is 81.7 cm³/mol. The summed E-state index contributed by atoms with van der Waals surface area (Å²) in [7, 11) is 0. The van der Waals surface area contributed by atoms with E-state index in [2.05, 4.69) is 35.4 Å². The molecule has 2 atom stereocenters. The largest absolute Gasteiger partial charge is 0.297 e. The van der Waals surface area contributed by atoms with Gasteiger partial charge in [0.1, 0.15) is 5.54 Å². The highest BCUT2D eigenvalue weighted by Crippen LogP contribution is 2.41. The first kappa shape index (κ1) is 13.9. The van der Waals surface area contributed by atoms with Crippen molar-refractivity contribution >= 4 is 11.8 Å². The standard InChI is InChI=1S/C16H21N3S/c1-11-7-12(2)18-15(8-11)20-14-5-6-16(9-14,10-17)19-13-3-4-13/h7-8,13-14,19H,3-6,9H2,1-2H3. The number of pyridine rings is 1. The molecule has 2 aliphatic carbocycles. The second-order valence-corrected chi connectivity index (χ2v) is 7.54. The van der Waals surface area contributed by atoms with Gasteiger partial charge in [-0.15, -0.1) is 11.8 Å². The Morgan fingerprint density at radius 1 is 1.35 bits per heavy atom. The van der Waals surface area contributed by atoms with Crippen molar-refractivity contribution in [1.82, 2.24) is 10.3 Å². The summed E-state index contributed by atoms with van der Waals surface area (Å²) in [5.41, 5.74) is 2.06. The lowest BCUT2D eigenvalue weighted by Gasteiger charge is -2.22. The molecule has 1 heterocycles. The highest BCUT2D eigenvalue weighted by atomic mass is 32.2. The SMILES string of the molecule is Cc1cc(C)nc(SC2CCC(C#N)(NC3CC3)C2)c1. The summed E-state index contributed by atoms with van der Waals surface area (Å²) < 4.78 is 0. The number of aromatic nitrogens is 1. The summed E-state index contributed by atoms with van der Waals surface area (Å²) in [6, 6.07) is 7.39. The van der Waals surface area contributed by atoms with Crippen LogP contribution < -0.4 is 5.32 Å². The lowest BCUT2D eigenvalue weighted by Crippen LogP contribution is -2.43. The van der Waals surface area contributed by atoms with Crippen LogP contribution >= 0.6 is 11.8 Å². The Labute approximate surface area is 125 Å². The van der Waals surface area contributed by atoms with Gasteiger partial charge in [-0.1, -0.05) is 0 Å². The van der Waals surface area contributed by atoms with E-state index < -0.39 is 0 Å². The molecule has 0 spiro atoms. The van der Waals surface area contributed by atoms with E-state index in [-0.39, 0.29) is 5.54 Å². The minimum Gasteiger partial charge on any atom is -0.297 e. The van der Waals surface area contributed by atoms with Gasteiger partial charge >= 0.3 is 0 Å². The van der Waals surface area contributed by atoms with Gasteiger partial charge < -0.3 is 0 Å². The Balaban J connectivity index is 1.66. The van der Waals surface area contributed by atoms with Crippen LogP contribution in [0.25, 0.3) is 0 Å². The average Bonchev–Trinajstić information content (AvgIpc) is 3.09. The van der Waals surface area contributed by atoms with Gasteiger partial charge in [-0.05, 0) is 63.6 Å². The molecule has 2 unspecified atom stereocenters. The molecule has 3 rings (SSSR count). The fourth-order valence-electron chi connectivity index (χ4n) is 3.02. The van der Waals surface area contributed by atoms with Crippen molar-refractivity contribution in [1.29, 1.82) is 5.26 Å². The van der Waals surface area contributed by atoms with Crippen molar-refractivity contribution < 1.29 is 0 Å². The Bertz CT molecular complexity index is 527. The number of nitriles is 1. The molecule has 0 aliphatic heterocycles. The second kappa shape index (κ2) is 5.38. The van der Waals surface area contributed by atoms with Gasteiger partial charge in [-0.3, -0.25) is 5.32 Å². The molecule has 0 radical (unpaired) electrons. The number of rotatable bonds is 4. The predicted octanol–water partition coefficient (Wildman–Crippen LogP) is 3.36. The molecule has 4 heteroatoms. The zero-order valence-electron chi connectivity index (χ0n) is 12.1. The number of hydrogen-bond acceptors (Lipinski definition) is 4. The lowest BCUT2D eigenvalue weighted by molar-refractivity contribution is 0.420. The van der Waals surface area contributed by atoms with E-state index in [1.807, 2.05) is 18.7 Å². The highest BCUT2D eigenvalue weighted by Gasteiger charge is 2.43. The molecule has 2 aliphatic rings. The summed E-state index contributed by atoms with van der Waals surface area (Å²) in [5.74, 6) is 0. The molecular formula is C16H21N3S. The van der Waals surface area contributed by atoms with E-state index in [1.54, 1.807) is 0 Å². The van der Waals surface area contributed by atoms with E-state index >= 15 is 0 Å². The molecule has 0 saturated heterocycles. The zero-order chi connectivity index (χ0) is 14.2. The molecule has 1 N–H and O–H groups in total. The molecular weight excluding hydrogens is 266 g/mol. The van der Waals surface area contributed by atoms with Crippen molar-refractivity contribution in [2.24, 2.45) is 0 Å². The van der Waals surface area contributed by atoms with Gasteiger partial charge in [0.25, 0.3) is 0 Å². The summed E-state index contributed by atoms with van der Waals surface area (Å²) in [5, 5.41) is 14.7. The number of hydrogen-bond donors (Lipinski definition) is 1. The molecule has 2 saturated carbocycles. The first-order valence-electron chi connectivity index (χ1n) is 7.39. The first-order chi connectivity index (χ1) is 9.58. The van der Waals surface area contributed by atoms with E-state index in [0.717, 1.165) is 30.0 Å². The van der Waals surface area contributed by atoms with Crippen LogP contribution in [0.5, 0.6) is 0 Å². The Kier molecular flexibility index (Phi) is 3.74. The summed E-state index contributed by atoms with van der Waals surface area (Å²) in [4.78, 5) is 4.60. The fraction of sp³-hybridized carbons (Fsp3) is 0.625. The van der Waals surface area contributed by atoms with E-state index in [1.165, 1.54) is 18.4 Å². The van der Waals surface area contributed by atoms with Gasteiger partial charge in [-0.2, -0.15) is 5.26 Å². The van der Waals surface area contributed by atoms with Crippen molar-refractivity contribution in [2.45, 2.75) is 67.8 Å². The smallest absolute Gasteiger partial charge is 0.108 e. The van der Waals surface area contributed by atoms with Gasteiger partial charge in [-0.25, -0.2) is 4.98 Å². The molecule has 20 heavy (non-hydrogen) atoms. The third-order valence-electron chi connectivity index (χ3n) is 4.10. The van der Waals surface area contributed by atoms with E-state index in [9.17, 15) is 5.26 Å². The van der Waals surface area contributed by atoms with E-state index in [0.29, 0.717) is 11.3 Å². The van der Waals surface area contributed by atoms with Crippen LogP contribution in [0.15, 0.2) is 17.2 Å². The Morgan fingerprint density at radius 2 is 2.15 bits per heavy atom. The Morgan fingerprint density at radius 3 is 2.80 bits per heavy atom. The van der Waals surface area contributed by atoms with Crippen LogP contribution in [0, 0.1) is 25.2 Å². The molecule has 0 amide bonds. The summed E-state index contributed by atoms with van der Waals surface area (Å²) in [6.45, 7) is 4.15. The minimum absolute atomic E-state index is 0.280. The van der Waals surface area contributed by atoms with Crippen molar-refractivity contribution in [3.63, 3.8) is 0 Å². The Hall–Kier alpha value is -1.05. The zero-order valence-corrected chi connectivity index (χ0v) is 13.0. The van der Waals surface area contributed by atoms with Gasteiger partial charge in [0.15, 0.2) is 0 Å². The molecule has 106 valence electrons. The van der Waals surface area contributed by atoms with E-state index in [4.69, 9.17) is 0 Å². The first-order valence-corrected chi connectivity index (χ1v) is 8.27. The maximum Gasteiger partial charge on any atom is 0.108 e. The molecule has 3 nitrogen and oxygen atoms in total. The van der Waals surface area contributed by atoms with Crippen LogP contribution in [0.2, 0.25) is 0 Å². The average molecular weight is 287 g/mol. The van der Waals surface area contributed by atoms with Crippen LogP contribution in [-0.2, 0) is 0 Å². The summed E-state index contributed by atoms with van der Waals surface area (Å²) >= 11 is 1.84. The number of aryl methyl sites for hydroxylation is 2. The topological polar surface area (TPSA) is 48.7 Å². The molecule has 1 aromatic heterocycles. The van der Waals surface area contributed by atoms with Crippen molar-refractivity contribution in [3.05, 3.63) is 23.4 Å². The quantitative estimate of drug-likeness (QED) is 0.922. The molecule has 1 aromatic rings. The minimum atomic E-state index is -0.280. The molecule has 0 bridgehead atoms. The number of nitrogens with one attached hydrogen (secondary N) is 1. The monoisotopic (exact) mass is 287 g/mol. The van der Waals surface area contributed by atoms with Crippen LogP contribution in [0.3, 0.4) is 0 Å². The van der Waals surface area contributed by atoms with Crippen molar-refractivity contribution in [2.75, 3.05) is 0 Å². The van der Waals surface area contributed by atoms with Gasteiger partial charge in [0.05, 0.1) is 11.1 Å².